The van der Waals surface area contributed by atoms with Crippen molar-refractivity contribution < 1.29 is 9.29 Å². The Morgan fingerprint density at radius 3 is 2.62 bits per heavy atom. The van der Waals surface area contributed by atoms with Gasteiger partial charge in [0.2, 0.25) is 0 Å². The van der Waals surface area contributed by atoms with Gasteiger partial charge in [0, 0.05) is 6.54 Å². The third kappa shape index (κ3) is 3.40. The molecule has 0 aliphatic heterocycles. The van der Waals surface area contributed by atoms with Crippen molar-refractivity contribution >= 4 is 11.4 Å². The minimum atomic E-state index is -1.09. The highest BCUT2D eigenvalue weighted by Gasteiger charge is 2.23. The molecular formula is C12H17NO2S. The number of benzene rings is 1. The number of nitrogens with one attached hydrogen (secondary N) is 1. The first-order chi connectivity index (χ1) is 7.79. The Labute approximate surface area is 99.5 Å². The zero-order chi connectivity index (χ0) is 11.4. The minimum Gasteiger partial charge on any atom is -0.593 e. The quantitative estimate of drug-likeness (QED) is 0.774. The topological polar surface area (TPSA) is 44.3 Å². The summed E-state index contributed by atoms with van der Waals surface area (Å²) in [5, 5.41) is 0. The highest BCUT2D eigenvalue weighted by Crippen LogP contribution is 2.27. The number of hydrogen-bond acceptors (Lipinski definition) is 3. The maximum atomic E-state index is 11.7. The van der Waals surface area contributed by atoms with Crippen LogP contribution in [0.1, 0.15) is 26.2 Å². The van der Waals surface area contributed by atoms with Crippen molar-refractivity contribution in [2.24, 2.45) is 0 Å². The van der Waals surface area contributed by atoms with E-state index in [2.05, 4.69) is 11.6 Å². The molecule has 0 radical (unpaired) electrons. The molecule has 0 aromatic heterocycles. The maximum absolute atomic E-state index is 11.7. The SMILES string of the molecule is CCCN[S+]([O-])c1ccc(OC2CC2)cc1. The first-order valence-electron chi connectivity index (χ1n) is 5.71. The van der Waals surface area contributed by atoms with Gasteiger partial charge in [0.15, 0.2) is 4.90 Å². The molecule has 1 atom stereocenters. The van der Waals surface area contributed by atoms with Crippen LogP contribution >= 0.6 is 0 Å². The zero-order valence-corrected chi connectivity index (χ0v) is 10.3. The zero-order valence-electron chi connectivity index (χ0n) is 9.44. The van der Waals surface area contributed by atoms with E-state index in [1.165, 1.54) is 0 Å². The molecule has 16 heavy (non-hydrogen) atoms. The molecule has 1 unspecified atom stereocenters. The first-order valence-corrected chi connectivity index (χ1v) is 6.86. The fraction of sp³-hybridized carbons (Fsp3) is 0.500. The van der Waals surface area contributed by atoms with Crippen molar-refractivity contribution in [3.05, 3.63) is 24.3 Å². The second kappa shape index (κ2) is 5.57. The summed E-state index contributed by atoms with van der Waals surface area (Å²) in [6, 6.07) is 7.49. The lowest BCUT2D eigenvalue weighted by Crippen LogP contribution is -2.24. The Bertz CT molecular complexity index is 324. The Hall–Kier alpha value is -0.710. The van der Waals surface area contributed by atoms with Gasteiger partial charge in [-0.3, -0.25) is 0 Å². The highest BCUT2D eigenvalue weighted by atomic mass is 32.2. The Balaban J connectivity index is 1.89. The smallest absolute Gasteiger partial charge is 0.174 e. The van der Waals surface area contributed by atoms with E-state index in [0.717, 1.165) is 36.5 Å². The molecule has 2 rings (SSSR count). The van der Waals surface area contributed by atoms with Gasteiger partial charge in [-0.25, -0.2) is 0 Å². The summed E-state index contributed by atoms with van der Waals surface area (Å²) < 4.78 is 20.3. The van der Waals surface area contributed by atoms with E-state index in [9.17, 15) is 4.55 Å². The van der Waals surface area contributed by atoms with Gasteiger partial charge in [-0.05, 0) is 43.5 Å². The molecule has 88 valence electrons. The van der Waals surface area contributed by atoms with Gasteiger partial charge in [-0.2, -0.15) is 0 Å². The molecule has 0 heterocycles. The third-order valence-electron chi connectivity index (χ3n) is 2.35. The summed E-state index contributed by atoms with van der Waals surface area (Å²) in [4.78, 5) is 0.802. The van der Waals surface area contributed by atoms with Crippen LogP contribution in [-0.4, -0.2) is 17.2 Å². The second-order valence-corrected chi connectivity index (χ2v) is 5.25. The molecule has 1 saturated carbocycles. The van der Waals surface area contributed by atoms with E-state index >= 15 is 0 Å². The summed E-state index contributed by atoms with van der Waals surface area (Å²) in [6.45, 7) is 2.82. The molecule has 3 nitrogen and oxygen atoms in total. The Morgan fingerprint density at radius 2 is 2.06 bits per heavy atom. The van der Waals surface area contributed by atoms with Crippen LogP contribution < -0.4 is 9.46 Å². The summed E-state index contributed by atoms with van der Waals surface area (Å²) in [5.41, 5.74) is 0. The lowest BCUT2D eigenvalue weighted by atomic mass is 10.3. The van der Waals surface area contributed by atoms with Gasteiger partial charge in [-0.1, -0.05) is 6.92 Å². The summed E-state index contributed by atoms with van der Waals surface area (Å²) >= 11 is -1.09. The van der Waals surface area contributed by atoms with Gasteiger partial charge >= 0.3 is 0 Å². The van der Waals surface area contributed by atoms with Crippen LogP contribution in [0.25, 0.3) is 0 Å². The van der Waals surface area contributed by atoms with Gasteiger partial charge in [-0.15, -0.1) is 4.72 Å². The second-order valence-electron chi connectivity index (χ2n) is 3.95. The Kier molecular flexibility index (Phi) is 4.09. The average Bonchev–Trinajstić information content (AvgIpc) is 3.11. The van der Waals surface area contributed by atoms with Crippen LogP contribution in [0.5, 0.6) is 5.75 Å². The predicted octanol–water partition coefficient (Wildman–Crippen LogP) is 2.25. The van der Waals surface area contributed by atoms with Crippen LogP contribution in [0, 0.1) is 0 Å². The summed E-state index contributed by atoms with van der Waals surface area (Å²) in [5.74, 6) is 0.874. The van der Waals surface area contributed by atoms with E-state index in [0.29, 0.717) is 6.10 Å². The molecule has 1 aromatic rings. The first kappa shape index (κ1) is 11.8. The normalized spacial score (nSPS) is 17.1. The van der Waals surface area contributed by atoms with Crippen molar-refractivity contribution in [2.45, 2.75) is 37.2 Å². The lowest BCUT2D eigenvalue weighted by molar-refractivity contribution is 0.303. The van der Waals surface area contributed by atoms with E-state index in [-0.39, 0.29) is 0 Å². The minimum absolute atomic E-state index is 0.412. The van der Waals surface area contributed by atoms with E-state index in [1.54, 1.807) is 0 Å². The van der Waals surface area contributed by atoms with Crippen LogP contribution in [0.15, 0.2) is 29.2 Å². The van der Waals surface area contributed by atoms with Crippen molar-refractivity contribution in [3.63, 3.8) is 0 Å². The molecule has 1 N–H and O–H groups in total. The van der Waals surface area contributed by atoms with Crippen LogP contribution in [0.3, 0.4) is 0 Å². The van der Waals surface area contributed by atoms with Crippen molar-refractivity contribution in [2.75, 3.05) is 6.54 Å². The molecule has 1 aliphatic rings. The molecular weight excluding hydrogens is 222 g/mol. The highest BCUT2D eigenvalue weighted by molar-refractivity contribution is 7.89. The van der Waals surface area contributed by atoms with Crippen LogP contribution in [0.4, 0.5) is 0 Å². The number of rotatable bonds is 6. The molecule has 1 aliphatic carbocycles. The standard InChI is InChI=1S/C12H17NO2S/c1-2-9-13-16(14)12-7-5-11(6-8-12)15-10-3-4-10/h5-8,10,13H,2-4,9H2,1H3. The van der Waals surface area contributed by atoms with Gasteiger partial charge in [0.05, 0.1) is 17.5 Å². The van der Waals surface area contributed by atoms with Gasteiger partial charge < -0.3 is 9.29 Å². The predicted molar refractivity (Wildman–Crippen MR) is 64.8 cm³/mol. The number of ether oxygens (including phenoxy) is 1. The van der Waals surface area contributed by atoms with Crippen molar-refractivity contribution in [3.8, 4) is 5.75 Å². The molecule has 1 fully saturated rings. The molecule has 0 spiro atoms. The van der Waals surface area contributed by atoms with Crippen LogP contribution in [0.2, 0.25) is 0 Å². The fourth-order valence-corrected chi connectivity index (χ4v) is 2.24. The summed E-state index contributed by atoms with van der Waals surface area (Å²) in [7, 11) is 0. The summed E-state index contributed by atoms with van der Waals surface area (Å²) in [6.07, 6.45) is 3.71. The number of hydrogen-bond donors (Lipinski definition) is 1. The van der Waals surface area contributed by atoms with Gasteiger partial charge in [0.25, 0.3) is 0 Å². The molecule has 1 aromatic carbocycles. The largest absolute Gasteiger partial charge is 0.593 e. The van der Waals surface area contributed by atoms with E-state index in [1.807, 2.05) is 24.3 Å². The molecule has 0 amide bonds. The molecule has 0 saturated heterocycles. The lowest BCUT2D eigenvalue weighted by Gasteiger charge is -2.10. The van der Waals surface area contributed by atoms with Crippen molar-refractivity contribution in [1.29, 1.82) is 0 Å². The maximum Gasteiger partial charge on any atom is 0.174 e. The van der Waals surface area contributed by atoms with E-state index in [4.69, 9.17) is 4.74 Å². The monoisotopic (exact) mass is 239 g/mol. The molecule has 4 heteroatoms. The molecule has 0 bridgehead atoms. The van der Waals surface area contributed by atoms with E-state index < -0.39 is 11.4 Å². The Morgan fingerprint density at radius 1 is 1.38 bits per heavy atom. The van der Waals surface area contributed by atoms with Crippen LogP contribution in [-0.2, 0) is 11.4 Å². The fourth-order valence-electron chi connectivity index (χ4n) is 1.30. The third-order valence-corrected chi connectivity index (χ3v) is 3.51. The van der Waals surface area contributed by atoms with Crippen molar-refractivity contribution in [1.82, 2.24) is 4.72 Å². The van der Waals surface area contributed by atoms with Gasteiger partial charge in [0.1, 0.15) is 5.75 Å². The average molecular weight is 239 g/mol.